The molecule has 2 rings (SSSR count). The Morgan fingerprint density at radius 2 is 1.86 bits per heavy atom. The van der Waals surface area contributed by atoms with Crippen molar-refractivity contribution in [3.63, 3.8) is 0 Å². The minimum absolute atomic E-state index is 0.361. The fourth-order valence-electron chi connectivity index (χ4n) is 2.14. The molecule has 0 atom stereocenters. The van der Waals surface area contributed by atoms with Crippen LogP contribution in [0.25, 0.3) is 0 Å². The van der Waals surface area contributed by atoms with E-state index in [1.54, 1.807) is 31.4 Å². The Hall–Kier alpha value is -2.90. The van der Waals surface area contributed by atoms with E-state index in [-0.39, 0.29) is 0 Å². The van der Waals surface area contributed by atoms with Crippen molar-refractivity contribution in [3.8, 4) is 5.75 Å². The molecule has 0 fully saturated rings. The van der Waals surface area contributed by atoms with Gasteiger partial charge in [0.2, 0.25) is 0 Å². The van der Waals surface area contributed by atoms with Gasteiger partial charge >= 0.3 is 11.8 Å². The maximum atomic E-state index is 11.6. The molecule has 28 heavy (non-hydrogen) atoms. The van der Waals surface area contributed by atoms with E-state index in [9.17, 15) is 9.59 Å². The van der Waals surface area contributed by atoms with Crippen molar-refractivity contribution < 1.29 is 19.1 Å². The van der Waals surface area contributed by atoms with Crippen LogP contribution in [0.4, 0.5) is 0 Å². The molecule has 0 spiro atoms. The number of carbonyl (C=O) groups is 2. The summed E-state index contributed by atoms with van der Waals surface area (Å²) in [5.74, 6) is -0.888. The molecule has 2 aromatic carbocycles. The van der Waals surface area contributed by atoms with Gasteiger partial charge < -0.3 is 14.8 Å². The summed E-state index contributed by atoms with van der Waals surface area (Å²) >= 11 is 6.10. The third-order valence-electron chi connectivity index (χ3n) is 3.63. The topological polar surface area (TPSA) is 89.0 Å². The summed E-state index contributed by atoms with van der Waals surface area (Å²) in [6, 6.07) is 14.6. The Labute approximate surface area is 168 Å². The second kappa shape index (κ2) is 11.7. The third-order valence-corrected chi connectivity index (χ3v) is 4.00. The molecule has 2 aromatic rings. The van der Waals surface area contributed by atoms with Gasteiger partial charge in [-0.15, -0.1) is 0 Å². The number of nitrogens with zero attached hydrogens (tertiary/aromatic N) is 1. The third kappa shape index (κ3) is 7.38. The van der Waals surface area contributed by atoms with Gasteiger partial charge in [0, 0.05) is 30.8 Å². The van der Waals surface area contributed by atoms with E-state index in [0.717, 1.165) is 11.1 Å². The fraction of sp³-hybridized carbons (Fsp3) is 0.250. The predicted octanol–water partition coefficient (Wildman–Crippen LogP) is 2.52. The van der Waals surface area contributed by atoms with E-state index in [1.807, 2.05) is 24.3 Å². The molecule has 0 aliphatic heterocycles. The number of benzene rings is 2. The van der Waals surface area contributed by atoms with E-state index in [2.05, 4.69) is 15.8 Å². The van der Waals surface area contributed by atoms with Gasteiger partial charge in [-0.1, -0.05) is 29.8 Å². The summed E-state index contributed by atoms with van der Waals surface area (Å²) in [6.07, 6.45) is 2.07. The molecule has 0 bridgehead atoms. The first-order valence-electron chi connectivity index (χ1n) is 8.66. The summed E-state index contributed by atoms with van der Waals surface area (Å²) < 4.78 is 10.6. The van der Waals surface area contributed by atoms with Crippen molar-refractivity contribution in [3.05, 3.63) is 64.7 Å². The van der Waals surface area contributed by atoms with Gasteiger partial charge in [-0.2, -0.15) is 5.10 Å². The van der Waals surface area contributed by atoms with Crippen molar-refractivity contribution in [1.82, 2.24) is 10.7 Å². The van der Waals surface area contributed by atoms with E-state index in [0.29, 0.717) is 37.0 Å². The average molecular weight is 404 g/mol. The normalized spacial score (nSPS) is 10.6. The second-order valence-electron chi connectivity index (χ2n) is 5.75. The number of carbonyl (C=O) groups excluding carboxylic acids is 2. The number of hydrogen-bond donors (Lipinski definition) is 2. The number of nitrogens with one attached hydrogen (secondary N) is 2. The predicted molar refractivity (Wildman–Crippen MR) is 107 cm³/mol. The number of hydrogen-bond acceptors (Lipinski definition) is 5. The maximum Gasteiger partial charge on any atom is 0.329 e. The molecular weight excluding hydrogens is 382 g/mol. The molecule has 148 valence electrons. The quantitative estimate of drug-likeness (QED) is 0.291. The zero-order valence-corrected chi connectivity index (χ0v) is 16.2. The largest absolute Gasteiger partial charge is 0.489 e. The molecule has 2 amide bonds. The van der Waals surface area contributed by atoms with Crippen LogP contribution in [0.1, 0.15) is 17.5 Å². The van der Waals surface area contributed by atoms with E-state index >= 15 is 0 Å². The first kappa shape index (κ1) is 21.4. The first-order valence-corrected chi connectivity index (χ1v) is 9.04. The lowest BCUT2D eigenvalue weighted by atomic mass is 10.2. The van der Waals surface area contributed by atoms with E-state index < -0.39 is 11.8 Å². The van der Waals surface area contributed by atoms with Gasteiger partial charge in [-0.3, -0.25) is 9.59 Å². The monoisotopic (exact) mass is 403 g/mol. The Kier molecular flexibility index (Phi) is 8.97. The molecule has 0 unspecified atom stereocenters. The highest BCUT2D eigenvalue weighted by Crippen LogP contribution is 2.18. The van der Waals surface area contributed by atoms with Crippen LogP contribution in [0.3, 0.4) is 0 Å². The van der Waals surface area contributed by atoms with Gasteiger partial charge in [0.15, 0.2) is 0 Å². The Bertz CT molecular complexity index is 809. The highest BCUT2D eigenvalue weighted by atomic mass is 35.5. The Balaban J connectivity index is 1.76. The molecule has 0 aliphatic carbocycles. The number of methoxy groups -OCH3 is 1. The van der Waals surface area contributed by atoms with Crippen LogP contribution in [-0.2, 0) is 20.9 Å². The molecule has 0 saturated carbocycles. The lowest BCUT2D eigenvalue weighted by Crippen LogP contribution is -2.38. The summed E-state index contributed by atoms with van der Waals surface area (Å²) in [5.41, 5.74) is 3.82. The molecule has 0 saturated heterocycles. The Morgan fingerprint density at radius 3 is 2.57 bits per heavy atom. The molecule has 0 aliphatic rings. The molecule has 8 heteroatoms. The van der Waals surface area contributed by atoms with Crippen LogP contribution >= 0.6 is 11.6 Å². The van der Waals surface area contributed by atoms with Crippen LogP contribution in [0.5, 0.6) is 5.75 Å². The Morgan fingerprint density at radius 1 is 1.11 bits per heavy atom. The summed E-state index contributed by atoms with van der Waals surface area (Å²) in [4.78, 5) is 23.1. The van der Waals surface area contributed by atoms with Crippen molar-refractivity contribution in [2.75, 3.05) is 20.3 Å². The second-order valence-corrected chi connectivity index (χ2v) is 6.16. The smallest absolute Gasteiger partial charge is 0.329 e. The summed E-state index contributed by atoms with van der Waals surface area (Å²) in [7, 11) is 1.57. The van der Waals surface area contributed by atoms with Crippen LogP contribution in [-0.4, -0.2) is 38.3 Å². The number of amides is 2. The number of halogens is 1. The molecule has 0 heterocycles. The average Bonchev–Trinajstić information content (AvgIpc) is 2.71. The molecule has 7 nitrogen and oxygen atoms in total. The van der Waals surface area contributed by atoms with Crippen LogP contribution < -0.4 is 15.5 Å². The number of ether oxygens (including phenoxy) is 2. The van der Waals surface area contributed by atoms with Crippen molar-refractivity contribution in [1.29, 1.82) is 0 Å². The van der Waals surface area contributed by atoms with Gasteiger partial charge in [-0.05, 0) is 42.3 Å². The van der Waals surface area contributed by atoms with Crippen LogP contribution in [0.15, 0.2) is 53.6 Å². The highest BCUT2D eigenvalue weighted by Gasteiger charge is 2.11. The van der Waals surface area contributed by atoms with Crippen LogP contribution in [0, 0.1) is 0 Å². The van der Waals surface area contributed by atoms with Crippen molar-refractivity contribution in [2.24, 2.45) is 5.10 Å². The van der Waals surface area contributed by atoms with Crippen molar-refractivity contribution in [2.45, 2.75) is 13.0 Å². The minimum atomic E-state index is -0.826. The molecular formula is C20H22ClN3O4. The molecule has 0 radical (unpaired) electrons. The first-order chi connectivity index (χ1) is 13.6. The summed E-state index contributed by atoms with van der Waals surface area (Å²) in [5, 5.41) is 6.90. The SMILES string of the molecule is COCCCNC(=O)C(=O)N/N=C\c1ccc(OCc2ccccc2Cl)cc1. The fourth-order valence-corrected chi connectivity index (χ4v) is 2.33. The lowest BCUT2D eigenvalue weighted by molar-refractivity contribution is -0.139. The molecule has 2 N–H and O–H groups in total. The molecule has 0 aromatic heterocycles. The standard InChI is InChI=1S/C20H22ClN3O4/c1-27-12-4-11-22-19(25)20(26)24-23-13-15-7-9-17(10-8-15)28-14-16-5-2-3-6-18(16)21/h2-3,5-10,13H,4,11-12,14H2,1H3,(H,22,25)(H,24,26)/b23-13-. The number of hydrazone groups is 1. The summed E-state index contributed by atoms with van der Waals surface area (Å²) in [6.45, 7) is 1.24. The van der Waals surface area contributed by atoms with E-state index in [4.69, 9.17) is 21.1 Å². The van der Waals surface area contributed by atoms with Gasteiger partial charge in [0.05, 0.1) is 6.21 Å². The maximum absolute atomic E-state index is 11.6. The van der Waals surface area contributed by atoms with Crippen LogP contribution in [0.2, 0.25) is 5.02 Å². The lowest BCUT2D eigenvalue weighted by Gasteiger charge is -2.07. The zero-order chi connectivity index (χ0) is 20.2. The minimum Gasteiger partial charge on any atom is -0.489 e. The van der Waals surface area contributed by atoms with Gasteiger partial charge in [0.1, 0.15) is 12.4 Å². The van der Waals surface area contributed by atoms with Gasteiger partial charge in [-0.25, -0.2) is 5.43 Å². The van der Waals surface area contributed by atoms with E-state index in [1.165, 1.54) is 6.21 Å². The van der Waals surface area contributed by atoms with Crippen molar-refractivity contribution >= 4 is 29.6 Å². The number of rotatable bonds is 9. The highest BCUT2D eigenvalue weighted by molar-refractivity contribution is 6.35. The van der Waals surface area contributed by atoms with Gasteiger partial charge in [0.25, 0.3) is 0 Å². The zero-order valence-electron chi connectivity index (χ0n) is 15.5.